The minimum Gasteiger partial charge on any atom is -0.386 e. The lowest BCUT2D eigenvalue weighted by Gasteiger charge is -2.38. The molecule has 1 heterocycles. The number of fused-ring (bicyclic) bond motifs is 2. The predicted octanol–water partition coefficient (Wildman–Crippen LogP) is 4.19. The fourth-order valence-corrected chi connectivity index (χ4v) is 6.53. The fraction of sp³-hybridized carbons (Fsp3) is 0.522. The van der Waals surface area contributed by atoms with E-state index in [9.17, 15) is 39.9 Å². The highest BCUT2D eigenvalue weighted by Crippen LogP contribution is 2.53. The molecule has 0 amide bonds. The second kappa shape index (κ2) is 9.49. The number of hydrogen-bond acceptors (Lipinski definition) is 4. The maximum absolute atomic E-state index is 13.3. The molecule has 0 bridgehead atoms. The number of aliphatic hydroxyl groups excluding tert-OH is 1. The van der Waals surface area contributed by atoms with Crippen LogP contribution in [0.3, 0.4) is 0 Å². The van der Waals surface area contributed by atoms with Crippen molar-refractivity contribution in [2.24, 2.45) is 11.3 Å². The van der Waals surface area contributed by atoms with Crippen LogP contribution in [0.5, 0.6) is 0 Å². The average Bonchev–Trinajstić information content (AvgIpc) is 3.30. The highest BCUT2D eigenvalue weighted by atomic mass is 32.2. The molecule has 1 aromatic carbocycles. The van der Waals surface area contributed by atoms with Crippen molar-refractivity contribution in [3.63, 3.8) is 0 Å². The van der Waals surface area contributed by atoms with Gasteiger partial charge in [-0.3, -0.25) is 0 Å². The summed E-state index contributed by atoms with van der Waals surface area (Å²) in [6.07, 6.45) is -5.89. The summed E-state index contributed by atoms with van der Waals surface area (Å²) in [5.74, 6) is -3.07. The lowest BCUT2D eigenvalue weighted by molar-refractivity contribution is -0.107. The van der Waals surface area contributed by atoms with Gasteiger partial charge in [-0.05, 0) is 66.5 Å². The highest BCUT2D eigenvalue weighted by Gasteiger charge is 2.48. The van der Waals surface area contributed by atoms with Gasteiger partial charge in [0.1, 0.15) is 11.9 Å². The maximum Gasteiger partial charge on any atom is 0.404 e. The molecular formula is C23H25F6N3O3S. The van der Waals surface area contributed by atoms with Crippen molar-refractivity contribution in [2.45, 2.75) is 44.9 Å². The van der Waals surface area contributed by atoms with Crippen LogP contribution in [0.25, 0.3) is 11.8 Å². The van der Waals surface area contributed by atoms with Crippen LogP contribution in [0.4, 0.5) is 26.3 Å². The third-order valence-corrected chi connectivity index (χ3v) is 8.84. The number of aliphatic hydroxyl groups is 1. The Balaban J connectivity index is 1.62. The maximum atomic E-state index is 13.3. The van der Waals surface area contributed by atoms with Crippen LogP contribution in [-0.2, 0) is 16.4 Å². The number of halogens is 6. The van der Waals surface area contributed by atoms with Crippen molar-refractivity contribution in [3.8, 4) is 5.69 Å². The van der Waals surface area contributed by atoms with Crippen molar-refractivity contribution < 1.29 is 39.9 Å². The number of sulfonamides is 1. The molecule has 2 aliphatic carbocycles. The van der Waals surface area contributed by atoms with E-state index in [-0.39, 0.29) is 0 Å². The Labute approximate surface area is 204 Å². The van der Waals surface area contributed by atoms with E-state index in [1.807, 2.05) is 13.0 Å². The van der Waals surface area contributed by atoms with Gasteiger partial charge in [-0.15, -0.1) is 0 Å². The zero-order valence-corrected chi connectivity index (χ0v) is 20.0. The molecule has 2 aromatic rings. The molecule has 0 aliphatic heterocycles. The number of aromatic nitrogens is 2. The molecule has 1 aromatic heterocycles. The SMILES string of the molecule is C[C@]12Cc3cnn(-c4ccc(F)cc4)c3C=C1CC[C@@H]2CN(CC(O)C(F)F)S(=O)(=O)CC(F)(F)F. The second-order valence-corrected chi connectivity index (χ2v) is 11.5. The summed E-state index contributed by atoms with van der Waals surface area (Å²) in [6, 6.07) is 5.76. The van der Waals surface area contributed by atoms with Crippen LogP contribution in [0.1, 0.15) is 31.0 Å². The van der Waals surface area contributed by atoms with Crippen LogP contribution < -0.4 is 0 Å². The van der Waals surface area contributed by atoms with Crippen LogP contribution >= 0.6 is 0 Å². The molecule has 4 rings (SSSR count). The summed E-state index contributed by atoms with van der Waals surface area (Å²) < 4.78 is 105. The van der Waals surface area contributed by atoms with Gasteiger partial charge in [0.05, 0.1) is 17.6 Å². The first kappa shape index (κ1) is 26.7. The monoisotopic (exact) mass is 537 g/mol. The molecule has 1 fully saturated rings. The smallest absolute Gasteiger partial charge is 0.386 e. The molecule has 0 radical (unpaired) electrons. The van der Waals surface area contributed by atoms with E-state index in [1.54, 1.807) is 23.0 Å². The van der Waals surface area contributed by atoms with Crippen molar-refractivity contribution >= 4 is 16.1 Å². The second-order valence-electron chi connectivity index (χ2n) is 9.53. The summed E-state index contributed by atoms with van der Waals surface area (Å²) in [4.78, 5) is 0. The predicted molar refractivity (Wildman–Crippen MR) is 119 cm³/mol. The van der Waals surface area contributed by atoms with Crippen molar-refractivity contribution in [3.05, 3.63) is 53.1 Å². The number of benzene rings is 1. The Morgan fingerprint density at radius 2 is 1.92 bits per heavy atom. The quantitative estimate of drug-likeness (QED) is 0.513. The third-order valence-electron chi connectivity index (χ3n) is 7.07. The van der Waals surface area contributed by atoms with E-state index in [0.29, 0.717) is 29.3 Å². The summed E-state index contributed by atoms with van der Waals surface area (Å²) in [6.45, 7) is 0.305. The first-order chi connectivity index (χ1) is 16.7. The van der Waals surface area contributed by atoms with Crippen molar-refractivity contribution in [1.29, 1.82) is 0 Å². The fourth-order valence-electron chi connectivity index (χ4n) is 5.15. The zero-order chi connectivity index (χ0) is 26.5. The molecule has 0 saturated heterocycles. The van der Waals surface area contributed by atoms with Gasteiger partial charge in [-0.2, -0.15) is 22.6 Å². The van der Waals surface area contributed by atoms with Gasteiger partial charge in [0.15, 0.2) is 5.75 Å². The largest absolute Gasteiger partial charge is 0.404 e. The van der Waals surface area contributed by atoms with Crippen LogP contribution in [0.15, 0.2) is 36.0 Å². The molecule has 36 heavy (non-hydrogen) atoms. The van der Waals surface area contributed by atoms with Crippen molar-refractivity contribution in [1.82, 2.24) is 14.1 Å². The lowest BCUT2D eigenvalue weighted by atomic mass is 9.70. The normalized spacial score (nSPS) is 23.1. The summed E-state index contributed by atoms with van der Waals surface area (Å²) in [5, 5.41) is 14.0. The molecule has 6 nitrogen and oxygen atoms in total. The Hall–Kier alpha value is -2.38. The highest BCUT2D eigenvalue weighted by molar-refractivity contribution is 7.89. The Kier molecular flexibility index (Phi) is 7.03. The van der Waals surface area contributed by atoms with Gasteiger partial charge < -0.3 is 5.11 Å². The number of allylic oxidation sites excluding steroid dienone is 1. The number of alkyl halides is 5. The molecule has 2 aliphatic rings. The van der Waals surface area contributed by atoms with Gasteiger partial charge in [0, 0.05) is 13.1 Å². The molecular weight excluding hydrogens is 512 g/mol. The molecule has 198 valence electrons. The Morgan fingerprint density at radius 3 is 2.53 bits per heavy atom. The van der Waals surface area contributed by atoms with E-state index in [1.165, 1.54) is 12.1 Å². The third kappa shape index (κ3) is 5.32. The van der Waals surface area contributed by atoms with Gasteiger partial charge in [-0.1, -0.05) is 12.5 Å². The summed E-state index contributed by atoms with van der Waals surface area (Å²) in [7, 11) is -5.01. The summed E-state index contributed by atoms with van der Waals surface area (Å²) >= 11 is 0. The lowest BCUT2D eigenvalue weighted by Crippen LogP contribution is -2.47. The van der Waals surface area contributed by atoms with E-state index in [4.69, 9.17) is 0 Å². The van der Waals surface area contributed by atoms with E-state index in [0.717, 1.165) is 16.8 Å². The van der Waals surface area contributed by atoms with Crippen LogP contribution in [-0.4, -0.2) is 65.2 Å². The Bertz CT molecular complexity index is 1240. The first-order valence-corrected chi connectivity index (χ1v) is 12.9. The minimum atomic E-state index is -5.06. The van der Waals surface area contributed by atoms with Crippen molar-refractivity contribution in [2.75, 3.05) is 18.8 Å². The van der Waals surface area contributed by atoms with Gasteiger partial charge in [-0.25, -0.2) is 26.3 Å². The summed E-state index contributed by atoms with van der Waals surface area (Å²) in [5.41, 5.74) is 2.51. The topological polar surface area (TPSA) is 75.4 Å². The first-order valence-electron chi connectivity index (χ1n) is 11.2. The molecule has 0 spiro atoms. The number of hydrogen-bond donors (Lipinski definition) is 1. The van der Waals surface area contributed by atoms with Gasteiger partial charge in [0.25, 0.3) is 6.43 Å². The molecule has 13 heteroatoms. The average molecular weight is 538 g/mol. The standard InChI is InChI=1S/C23H25F6N3O3S/c1-22-9-14-10-30-32(18-6-4-17(24)5-7-18)19(14)8-15(22)2-3-16(22)11-31(12-20(33)21(25)26)36(34,35)13-23(27,28)29/h4-8,10,16,20-21,33H,2-3,9,11-13H2,1H3/t16-,20?,22+/m1/s1. The molecule has 3 atom stereocenters. The number of nitrogens with zero attached hydrogens (tertiary/aromatic N) is 3. The molecule has 1 unspecified atom stereocenters. The van der Waals surface area contributed by atoms with E-state index >= 15 is 0 Å². The zero-order valence-electron chi connectivity index (χ0n) is 19.2. The van der Waals surface area contributed by atoms with E-state index in [2.05, 4.69) is 5.10 Å². The van der Waals surface area contributed by atoms with Gasteiger partial charge >= 0.3 is 6.18 Å². The van der Waals surface area contributed by atoms with Crippen LogP contribution in [0, 0.1) is 17.2 Å². The minimum absolute atomic E-state index is 0.355. The van der Waals surface area contributed by atoms with Crippen LogP contribution in [0.2, 0.25) is 0 Å². The Morgan fingerprint density at radius 1 is 1.25 bits per heavy atom. The number of rotatable bonds is 8. The van der Waals surface area contributed by atoms with E-state index < -0.39 is 64.7 Å². The molecule has 1 N–H and O–H groups in total. The van der Waals surface area contributed by atoms with Gasteiger partial charge in [0.2, 0.25) is 10.0 Å². The molecule has 1 saturated carbocycles.